The van der Waals surface area contributed by atoms with Gasteiger partial charge in [0.25, 0.3) is 11.6 Å². The lowest BCUT2D eigenvalue weighted by atomic mass is 10.1. The van der Waals surface area contributed by atoms with Crippen LogP contribution in [0.5, 0.6) is 5.75 Å². The third-order valence-corrected chi connectivity index (χ3v) is 5.68. The van der Waals surface area contributed by atoms with Crippen molar-refractivity contribution in [2.75, 3.05) is 11.9 Å². The Labute approximate surface area is 194 Å². The minimum Gasteiger partial charge on any atom is -0.483 e. The fraction of sp³-hybridized carbons (Fsp3) is 0.100. The summed E-state index contributed by atoms with van der Waals surface area (Å²) in [5.41, 5.74) is 1.17. The Hall–Kier alpha value is -2.56. The number of carbonyl (C=O) groups excluding carboxylic acids is 1. The number of thiocarbonyl (C=S) groups is 1. The van der Waals surface area contributed by atoms with Gasteiger partial charge in [-0.3, -0.25) is 20.2 Å². The maximum Gasteiger partial charge on any atom is 0.269 e. The number of rotatable bonds is 5. The first-order valence-electron chi connectivity index (χ1n) is 8.61. The van der Waals surface area contributed by atoms with Gasteiger partial charge in [-0.2, -0.15) is 0 Å². The van der Waals surface area contributed by atoms with Gasteiger partial charge in [-0.05, 0) is 75.7 Å². The van der Waals surface area contributed by atoms with E-state index < -0.39 is 10.8 Å². The van der Waals surface area contributed by atoms with Gasteiger partial charge in [-0.25, -0.2) is 0 Å². The van der Waals surface area contributed by atoms with Crippen molar-refractivity contribution in [2.45, 2.75) is 6.92 Å². The molecule has 3 aromatic carbocycles. The van der Waals surface area contributed by atoms with E-state index in [0.717, 1.165) is 19.7 Å². The summed E-state index contributed by atoms with van der Waals surface area (Å²) >= 11 is 12.1. The van der Waals surface area contributed by atoms with E-state index in [-0.39, 0.29) is 17.4 Å². The molecule has 0 aliphatic carbocycles. The smallest absolute Gasteiger partial charge is 0.269 e. The van der Waals surface area contributed by atoms with Crippen LogP contribution < -0.4 is 15.4 Å². The van der Waals surface area contributed by atoms with Crippen LogP contribution in [0.4, 0.5) is 11.4 Å². The highest BCUT2D eigenvalue weighted by atomic mass is 79.9. The van der Waals surface area contributed by atoms with Gasteiger partial charge < -0.3 is 10.1 Å². The highest BCUT2D eigenvalue weighted by molar-refractivity contribution is 9.11. The summed E-state index contributed by atoms with van der Waals surface area (Å²) in [6, 6.07) is 13.9. The minimum atomic E-state index is -0.474. The van der Waals surface area contributed by atoms with Crippen LogP contribution in [0.3, 0.4) is 0 Å². The van der Waals surface area contributed by atoms with Crippen molar-refractivity contribution < 1.29 is 14.5 Å². The van der Waals surface area contributed by atoms with E-state index in [9.17, 15) is 14.9 Å². The zero-order chi connectivity index (χ0) is 21.8. The lowest BCUT2D eigenvalue weighted by Crippen LogP contribution is -2.37. The molecule has 7 nitrogen and oxygen atoms in total. The molecule has 0 radical (unpaired) electrons. The summed E-state index contributed by atoms with van der Waals surface area (Å²) in [4.78, 5) is 22.5. The Morgan fingerprint density at radius 3 is 2.63 bits per heavy atom. The highest BCUT2D eigenvalue weighted by Gasteiger charge is 2.12. The molecular weight excluding hydrogens is 538 g/mol. The van der Waals surface area contributed by atoms with Crippen molar-refractivity contribution >= 4 is 77.2 Å². The molecule has 3 aromatic rings. The Balaban J connectivity index is 1.59. The van der Waals surface area contributed by atoms with Crippen LogP contribution >= 0.6 is 44.1 Å². The number of anilines is 1. The number of non-ortho nitro benzene ring substituents is 1. The summed E-state index contributed by atoms with van der Waals surface area (Å²) in [7, 11) is 0. The molecule has 0 aromatic heterocycles. The monoisotopic (exact) mass is 551 g/mol. The Morgan fingerprint density at radius 2 is 1.93 bits per heavy atom. The highest BCUT2D eigenvalue weighted by Crippen LogP contribution is 2.34. The van der Waals surface area contributed by atoms with Crippen molar-refractivity contribution in [1.82, 2.24) is 5.32 Å². The first kappa shape index (κ1) is 22.1. The number of nitro groups is 1. The van der Waals surface area contributed by atoms with Crippen LogP contribution in [0.2, 0.25) is 0 Å². The molecule has 0 saturated carbocycles. The molecule has 0 spiro atoms. The number of ether oxygens (including phenoxy) is 1. The van der Waals surface area contributed by atoms with Gasteiger partial charge in [0.05, 0.1) is 9.40 Å². The molecule has 0 fully saturated rings. The Morgan fingerprint density at radius 1 is 1.17 bits per heavy atom. The number of hydrogen-bond acceptors (Lipinski definition) is 5. The van der Waals surface area contributed by atoms with Gasteiger partial charge in [0.15, 0.2) is 11.7 Å². The Bertz CT molecular complexity index is 1170. The molecule has 0 saturated heterocycles. The number of aryl methyl sites for hydroxylation is 1. The number of halogens is 2. The molecule has 2 N–H and O–H groups in total. The topological polar surface area (TPSA) is 93.5 Å². The predicted molar refractivity (Wildman–Crippen MR) is 127 cm³/mol. The van der Waals surface area contributed by atoms with Crippen molar-refractivity contribution in [3.63, 3.8) is 0 Å². The first-order valence-corrected chi connectivity index (χ1v) is 10.6. The maximum absolute atomic E-state index is 12.2. The third-order valence-electron chi connectivity index (χ3n) is 4.16. The number of nitro benzene ring substituents is 1. The first-order chi connectivity index (χ1) is 14.2. The van der Waals surface area contributed by atoms with E-state index in [4.69, 9.17) is 17.0 Å². The van der Waals surface area contributed by atoms with Crippen molar-refractivity contribution in [3.05, 3.63) is 73.2 Å². The molecule has 0 heterocycles. The molecule has 0 unspecified atom stereocenters. The van der Waals surface area contributed by atoms with Gasteiger partial charge in [0.2, 0.25) is 0 Å². The van der Waals surface area contributed by atoms with E-state index in [1.165, 1.54) is 18.2 Å². The van der Waals surface area contributed by atoms with Crippen LogP contribution in [0, 0.1) is 17.0 Å². The van der Waals surface area contributed by atoms with Crippen LogP contribution in [-0.2, 0) is 4.79 Å². The van der Waals surface area contributed by atoms with Crippen LogP contribution in [0.15, 0.2) is 57.5 Å². The molecule has 1 amide bonds. The van der Waals surface area contributed by atoms with E-state index in [0.29, 0.717) is 17.0 Å². The van der Waals surface area contributed by atoms with Crippen molar-refractivity contribution in [2.24, 2.45) is 0 Å². The van der Waals surface area contributed by atoms with Gasteiger partial charge in [0, 0.05) is 22.3 Å². The summed E-state index contributed by atoms with van der Waals surface area (Å²) in [6.45, 7) is 1.47. The van der Waals surface area contributed by atoms with Gasteiger partial charge in [-0.15, -0.1) is 0 Å². The van der Waals surface area contributed by atoms with Crippen LogP contribution in [0.1, 0.15) is 5.56 Å². The molecular formula is C20H15Br2N3O4S. The quantitative estimate of drug-likeness (QED) is 0.247. The minimum absolute atomic E-state index is 0.0188. The standard InChI is InChI=1S/C20H15Br2N3O4S/c1-11-8-14(25(27)28)4-6-16(11)23-20(30)24-18(26)10-29-17-7-2-12-9-13(21)3-5-15(12)19(17)22/h2-9H,10H2,1H3,(H2,23,24,26,30). The second-order valence-electron chi connectivity index (χ2n) is 6.29. The van der Waals surface area contributed by atoms with Gasteiger partial charge in [0.1, 0.15) is 5.75 Å². The fourth-order valence-electron chi connectivity index (χ4n) is 2.72. The van der Waals surface area contributed by atoms with Gasteiger partial charge in [-0.1, -0.05) is 28.1 Å². The molecule has 10 heteroatoms. The SMILES string of the molecule is Cc1cc([N+](=O)[O-])ccc1NC(=S)NC(=O)COc1ccc2cc(Br)ccc2c1Br. The molecule has 154 valence electrons. The summed E-state index contributed by atoms with van der Waals surface area (Å²) in [5.74, 6) is 0.0972. The molecule has 0 bridgehead atoms. The Kier molecular flexibility index (Phi) is 7.01. The van der Waals surface area contributed by atoms with Crippen molar-refractivity contribution in [1.29, 1.82) is 0 Å². The van der Waals surface area contributed by atoms with E-state index in [2.05, 4.69) is 42.5 Å². The third kappa shape index (κ3) is 5.32. The van der Waals surface area contributed by atoms with Crippen LogP contribution in [0.25, 0.3) is 10.8 Å². The summed E-state index contributed by atoms with van der Waals surface area (Å²) < 4.78 is 7.34. The average Bonchev–Trinajstić information content (AvgIpc) is 2.68. The number of fused-ring (bicyclic) bond motifs is 1. The van der Waals surface area contributed by atoms with E-state index in [1.54, 1.807) is 13.0 Å². The lowest BCUT2D eigenvalue weighted by Gasteiger charge is -2.13. The summed E-state index contributed by atoms with van der Waals surface area (Å²) in [5, 5.41) is 18.3. The molecule has 0 aliphatic rings. The number of carbonyl (C=O) groups is 1. The number of nitrogens with one attached hydrogen (secondary N) is 2. The largest absolute Gasteiger partial charge is 0.483 e. The predicted octanol–water partition coefficient (Wildman–Crippen LogP) is 5.47. The zero-order valence-electron chi connectivity index (χ0n) is 15.6. The fourth-order valence-corrected chi connectivity index (χ4v) is 3.93. The maximum atomic E-state index is 12.2. The number of benzene rings is 3. The molecule has 30 heavy (non-hydrogen) atoms. The second kappa shape index (κ2) is 9.50. The average molecular weight is 553 g/mol. The number of amides is 1. The lowest BCUT2D eigenvalue weighted by molar-refractivity contribution is -0.384. The van der Waals surface area contributed by atoms with E-state index in [1.807, 2.05) is 24.3 Å². The van der Waals surface area contributed by atoms with Crippen molar-refractivity contribution in [3.8, 4) is 5.75 Å². The second-order valence-corrected chi connectivity index (χ2v) is 8.41. The van der Waals surface area contributed by atoms with Gasteiger partial charge >= 0.3 is 0 Å². The number of nitrogens with zero attached hydrogens (tertiary/aromatic N) is 1. The molecule has 0 atom stereocenters. The van der Waals surface area contributed by atoms with Crippen LogP contribution in [-0.4, -0.2) is 22.5 Å². The number of hydrogen-bond donors (Lipinski definition) is 2. The molecule has 3 rings (SSSR count). The van der Waals surface area contributed by atoms with E-state index >= 15 is 0 Å². The summed E-state index contributed by atoms with van der Waals surface area (Å²) in [6.07, 6.45) is 0. The zero-order valence-corrected chi connectivity index (χ0v) is 19.6. The molecule has 0 aliphatic heterocycles. The normalized spacial score (nSPS) is 10.5.